The predicted molar refractivity (Wildman–Crippen MR) is 81.2 cm³/mol. The van der Waals surface area contributed by atoms with Crippen LogP contribution in [0.5, 0.6) is 0 Å². The van der Waals surface area contributed by atoms with Crippen LogP contribution in [0.4, 0.5) is 0 Å². The van der Waals surface area contributed by atoms with E-state index in [1.54, 1.807) is 0 Å². The number of hydrogen-bond acceptors (Lipinski definition) is 3. The van der Waals surface area contributed by atoms with Crippen LogP contribution in [0.25, 0.3) is 0 Å². The molecule has 0 bridgehead atoms. The molecule has 3 rings (SSSR count). The molecule has 0 radical (unpaired) electrons. The Labute approximate surface area is 127 Å². The summed E-state index contributed by atoms with van der Waals surface area (Å²) in [6.07, 6.45) is 5.11. The highest BCUT2D eigenvalue weighted by molar-refractivity contribution is 5.85. The van der Waals surface area contributed by atoms with Gasteiger partial charge in [-0.3, -0.25) is 4.79 Å². The molecule has 3 aliphatic rings. The maximum atomic E-state index is 12.0. The van der Waals surface area contributed by atoms with Gasteiger partial charge in [0.2, 0.25) is 5.91 Å². The van der Waals surface area contributed by atoms with Crippen LogP contribution >= 0.6 is 24.8 Å². The van der Waals surface area contributed by atoms with Gasteiger partial charge in [-0.25, -0.2) is 0 Å². The zero-order valence-electron chi connectivity index (χ0n) is 11.3. The van der Waals surface area contributed by atoms with Gasteiger partial charge < -0.3 is 15.5 Å². The number of carbonyl (C=O) groups excluding carboxylic acids is 1. The first-order valence-electron chi connectivity index (χ1n) is 7.06. The lowest BCUT2D eigenvalue weighted by Gasteiger charge is -2.37. The smallest absolute Gasteiger partial charge is 0.228 e. The molecule has 0 aromatic heterocycles. The van der Waals surface area contributed by atoms with Gasteiger partial charge in [0.15, 0.2) is 0 Å². The summed E-state index contributed by atoms with van der Waals surface area (Å²) in [7, 11) is 0. The van der Waals surface area contributed by atoms with Crippen LogP contribution in [0.15, 0.2) is 0 Å². The summed E-state index contributed by atoms with van der Waals surface area (Å²) in [4.78, 5) is 14.1. The van der Waals surface area contributed by atoms with Crippen LogP contribution in [-0.4, -0.2) is 49.6 Å². The summed E-state index contributed by atoms with van der Waals surface area (Å²) in [5.41, 5.74) is 0. The monoisotopic (exact) mass is 309 g/mol. The molecule has 2 heterocycles. The van der Waals surface area contributed by atoms with Gasteiger partial charge in [0, 0.05) is 32.2 Å². The van der Waals surface area contributed by atoms with Crippen LogP contribution in [0.3, 0.4) is 0 Å². The van der Waals surface area contributed by atoms with Gasteiger partial charge in [-0.05, 0) is 38.1 Å². The van der Waals surface area contributed by atoms with Gasteiger partial charge in [-0.2, -0.15) is 0 Å². The third-order valence-corrected chi connectivity index (χ3v) is 4.33. The molecule has 4 nitrogen and oxygen atoms in total. The molecule has 0 aromatic rings. The third-order valence-electron chi connectivity index (χ3n) is 4.33. The highest BCUT2D eigenvalue weighted by Gasteiger charge is 2.31. The first-order chi connectivity index (χ1) is 8.33. The van der Waals surface area contributed by atoms with Crippen molar-refractivity contribution in [2.24, 2.45) is 11.8 Å². The zero-order valence-corrected chi connectivity index (χ0v) is 12.9. The molecule has 0 unspecified atom stereocenters. The molecule has 0 spiro atoms. The van der Waals surface area contributed by atoms with Crippen molar-refractivity contribution in [1.29, 1.82) is 0 Å². The third kappa shape index (κ3) is 4.48. The largest absolute Gasteiger partial charge is 0.342 e. The molecule has 2 N–H and O–H groups in total. The quantitative estimate of drug-likeness (QED) is 0.815. The summed E-state index contributed by atoms with van der Waals surface area (Å²) >= 11 is 0. The van der Waals surface area contributed by atoms with Gasteiger partial charge in [-0.15, -0.1) is 24.8 Å². The van der Waals surface area contributed by atoms with Crippen LogP contribution in [0, 0.1) is 11.8 Å². The number of piperidine rings is 1. The molecule has 0 atom stereocenters. The van der Waals surface area contributed by atoms with Crippen molar-refractivity contribution in [1.82, 2.24) is 15.5 Å². The van der Waals surface area contributed by atoms with E-state index in [1.807, 2.05) is 0 Å². The van der Waals surface area contributed by atoms with Crippen molar-refractivity contribution < 1.29 is 4.79 Å². The Morgan fingerprint density at radius 2 is 1.74 bits per heavy atom. The fraction of sp³-hybridized carbons (Fsp3) is 0.923. The van der Waals surface area contributed by atoms with E-state index in [9.17, 15) is 4.79 Å². The number of nitrogens with zero attached hydrogens (tertiary/aromatic N) is 1. The Bertz CT molecular complexity index is 288. The van der Waals surface area contributed by atoms with Gasteiger partial charge in [-0.1, -0.05) is 0 Å². The number of rotatable bonds is 4. The summed E-state index contributed by atoms with van der Waals surface area (Å²) < 4.78 is 0. The lowest BCUT2D eigenvalue weighted by atomic mass is 9.98. The number of halogens is 2. The minimum absolute atomic E-state index is 0. The summed E-state index contributed by atoms with van der Waals surface area (Å²) in [6, 6.07) is 0.652. The number of carbonyl (C=O) groups is 1. The molecule has 1 saturated carbocycles. The zero-order chi connectivity index (χ0) is 11.7. The summed E-state index contributed by atoms with van der Waals surface area (Å²) in [5.74, 6) is 1.60. The second kappa shape index (κ2) is 7.67. The second-order valence-electron chi connectivity index (χ2n) is 5.81. The van der Waals surface area contributed by atoms with E-state index < -0.39 is 0 Å². The Hall–Kier alpha value is -0.0300. The minimum Gasteiger partial charge on any atom is -0.342 e. The van der Waals surface area contributed by atoms with E-state index in [0.717, 1.165) is 44.9 Å². The molecule has 112 valence electrons. The number of likely N-dealkylation sites (tertiary alicyclic amines) is 1. The molecule has 2 saturated heterocycles. The molecule has 1 amide bonds. The van der Waals surface area contributed by atoms with E-state index in [2.05, 4.69) is 15.5 Å². The van der Waals surface area contributed by atoms with E-state index in [4.69, 9.17) is 0 Å². The molecule has 6 heteroatoms. The molecule has 3 fully saturated rings. The fourth-order valence-electron chi connectivity index (χ4n) is 2.68. The highest BCUT2D eigenvalue weighted by Crippen LogP contribution is 2.28. The van der Waals surface area contributed by atoms with Crippen molar-refractivity contribution in [3.63, 3.8) is 0 Å². The van der Waals surface area contributed by atoms with Crippen LogP contribution < -0.4 is 10.6 Å². The van der Waals surface area contributed by atoms with Crippen molar-refractivity contribution in [3.05, 3.63) is 0 Å². The summed E-state index contributed by atoms with van der Waals surface area (Å²) in [6.45, 7) is 4.89. The van der Waals surface area contributed by atoms with E-state index in [0.29, 0.717) is 11.9 Å². The molecular formula is C13H25Cl2N3O. The average Bonchev–Trinajstić information content (AvgIpc) is 3.08. The molecule has 0 aromatic carbocycles. The molecular weight excluding hydrogens is 285 g/mol. The van der Waals surface area contributed by atoms with Gasteiger partial charge in [0.1, 0.15) is 0 Å². The van der Waals surface area contributed by atoms with Gasteiger partial charge >= 0.3 is 0 Å². The minimum atomic E-state index is 0. The normalized spacial score (nSPS) is 24.1. The Morgan fingerprint density at radius 3 is 2.21 bits per heavy atom. The first kappa shape index (κ1) is 17.0. The van der Waals surface area contributed by atoms with E-state index in [-0.39, 0.29) is 30.7 Å². The number of hydrogen-bond donors (Lipinski definition) is 2. The van der Waals surface area contributed by atoms with Crippen molar-refractivity contribution in [2.45, 2.75) is 31.7 Å². The first-order valence-corrected chi connectivity index (χ1v) is 7.06. The Kier molecular flexibility index (Phi) is 6.87. The predicted octanol–water partition coefficient (Wildman–Crippen LogP) is 1.04. The van der Waals surface area contributed by atoms with Crippen LogP contribution in [0.1, 0.15) is 25.7 Å². The van der Waals surface area contributed by atoms with Crippen molar-refractivity contribution in [3.8, 4) is 0 Å². The van der Waals surface area contributed by atoms with Crippen molar-refractivity contribution in [2.75, 3.05) is 32.7 Å². The molecule has 2 aliphatic heterocycles. The average molecular weight is 310 g/mol. The Balaban J connectivity index is 0.000000902. The van der Waals surface area contributed by atoms with Crippen LogP contribution in [-0.2, 0) is 4.79 Å². The summed E-state index contributed by atoms with van der Waals surface area (Å²) in [5, 5.41) is 6.82. The highest BCUT2D eigenvalue weighted by atomic mass is 35.5. The number of amides is 1. The topological polar surface area (TPSA) is 44.4 Å². The maximum absolute atomic E-state index is 12.0. The maximum Gasteiger partial charge on any atom is 0.228 e. The fourth-order valence-corrected chi connectivity index (χ4v) is 2.68. The molecule has 1 aliphatic carbocycles. The Morgan fingerprint density at radius 1 is 1.11 bits per heavy atom. The number of nitrogens with one attached hydrogen (secondary N) is 2. The molecule has 19 heavy (non-hydrogen) atoms. The van der Waals surface area contributed by atoms with E-state index in [1.165, 1.54) is 19.4 Å². The van der Waals surface area contributed by atoms with Gasteiger partial charge in [0.05, 0.1) is 5.92 Å². The SMILES string of the molecule is Cl.Cl.O=C(C1CNC1)N1CCC(NCC2CC2)CC1. The lowest BCUT2D eigenvalue weighted by Crippen LogP contribution is -2.54. The lowest BCUT2D eigenvalue weighted by molar-refractivity contribution is -0.138. The van der Waals surface area contributed by atoms with Crippen LogP contribution in [0.2, 0.25) is 0 Å². The van der Waals surface area contributed by atoms with E-state index >= 15 is 0 Å². The van der Waals surface area contributed by atoms with Crippen molar-refractivity contribution >= 4 is 30.7 Å². The standard InChI is InChI=1S/C13H23N3O.2ClH/c17-13(11-8-14-9-11)16-5-3-12(4-6-16)15-7-10-1-2-10;;/h10-12,14-15H,1-9H2;2*1H. The second-order valence-corrected chi connectivity index (χ2v) is 5.81. The van der Waals surface area contributed by atoms with Gasteiger partial charge in [0.25, 0.3) is 0 Å².